The van der Waals surface area contributed by atoms with Gasteiger partial charge in [-0.15, -0.1) is 24.0 Å². The van der Waals surface area contributed by atoms with Crippen LogP contribution >= 0.6 is 24.0 Å². The first kappa shape index (κ1) is 17.4. The number of nitrogens with one attached hydrogen (secondary N) is 1. The smallest absolute Gasteiger partial charge is 0.188 e. The number of ether oxygens (including phenoxy) is 1. The van der Waals surface area contributed by atoms with E-state index in [0.29, 0.717) is 12.0 Å². The van der Waals surface area contributed by atoms with Crippen LogP contribution in [0.2, 0.25) is 0 Å². The minimum Gasteiger partial charge on any atom is -0.382 e. The number of nitrogens with two attached hydrogens (primary N) is 1. The third-order valence-electron chi connectivity index (χ3n) is 1.94. The van der Waals surface area contributed by atoms with E-state index in [2.05, 4.69) is 24.2 Å². The van der Waals surface area contributed by atoms with Crippen molar-refractivity contribution in [3.63, 3.8) is 0 Å². The molecule has 15 heavy (non-hydrogen) atoms. The van der Waals surface area contributed by atoms with Crippen molar-refractivity contribution in [1.82, 2.24) is 5.32 Å². The summed E-state index contributed by atoms with van der Waals surface area (Å²) in [6, 6.07) is 0.394. The van der Waals surface area contributed by atoms with E-state index < -0.39 is 0 Å². The van der Waals surface area contributed by atoms with Gasteiger partial charge < -0.3 is 15.8 Å². The molecule has 92 valence electrons. The Kier molecular flexibility index (Phi) is 13.9. The second-order valence-corrected chi connectivity index (χ2v) is 3.27. The highest BCUT2D eigenvalue weighted by atomic mass is 127. The Morgan fingerprint density at radius 1 is 1.47 bits per heavy atom. The van der Waals surface area contributed by atoms with Gasteiger partial charge in [-0.1, -0.05) is 6.92 Å². The summed E-state index contributed by atoms with van der Waals surface area (Å²) in [7, 11) is 0. The lowest BCUT2D eigenvalue weighted by molar-refractivity contribution is 0.146. The standard InChI is InChI=1S/C10H23N3O.HI/c1-4-9(3)13-10(11)12-7-6-8-14-5-2;/h9H,4-8H2,1-3H3,(H3,11,12,13);1H. The maximum absolute atomic E-state index is 5.66. The second-order valence-electron chi connectivity index (χ2n) is 3.27. The molecule has 1 atom stereocenters. The van der Waals surface area contributed by atoms with E-state index in [1.807, 2.05) is 6.92 Å². The van der Waals surface area contributed by atoms with Gasteiger partial charge in [0.1, 0.15) is 0 Å². The van der Waals surface area contributed by atoms with E-state index in [9.17, 15) is 0 Å². The van der Waals surface area contributed by atoms with Crippen LogP contribution < -0.4 is 11.1 Å². The summed E-state index contributed by atoms with van der Waals surface area (Å²) in [5, 5.41) is 3.11. The molecule has 0 aliphatic heterocycles. The van der Waals surface area contributed by atoms with Crippen molar-refractivity contribution in [2.45, 2.75) is 39.7 Å². The van der Waals surface area contributed by atoms with E-state index in [-0.39, 0.29) is 24.0 Å². The van der Waals surface area contributed by atoms with E-state index in [4.69, 9.17) is 10.5 Å². The number of hydrogen-bond donors (Lipinski definition) is 2. The molecule has 0 bridgehead atoms. The third kappa shape index (κ3) is 11.9. The van der Waals surface area contributed by atoms with Crippen molar-refractivity contribution >= 4 is 29.9 Å². The molecular formula is C10H24IN3O. The maximum atomic E-state index is 5.66. The summed E-state index contributed by atoms with van der Waals surface area (Å²) in [6.45, 7) is 8.45. The van der Waals surface area contributed by atoms with Crippen molar-refractivity contribution in [3.05, 3.63) is 0 Å². The number of nitrogens with zero attached hydrogens (tertiary/aromatic N) is 1. The number of guanidine groups is 1. The summed E-state index contributed by atoms with van der Waals surface area (Å²) in [5.74, 6) is 0.538. The van der Waals surface area contributed by atoms with Crippen LogP contribution in [-0.2, 0) is 4.74 Å². The van der Waals surface area contributed by atoms with Crippen LogP contribution in [0.5, 0.6) is 0 Å². The van der Waals surface area contributed by atoms with Crippen LogP contribution in [0.25, 0.3) is 0 Å². The van der Waals surface area contributed by atoms with Crippen LogP contribution in [0.1, 0.15) is 33.6 Å². The fourth-order valence-corrected chi connectivity index (χ4v) is 0.911. The summed E-state index contributed by atoms with van der Waals surface area (Å²) in [6.07, 6.45) is 1.98. The molecule has 0 rings (SSSR count). The van der Waals surface area contributed by atoms with Gasteiger partial charge in [-0.05, 0) is 26.7 Å². The first-order valence-electron chi connectivity index (χ1n) is 5.34. The molecular weight excluding hydrogens is 305 g/mol. The molecule has 0 aromatic heterocycles. The monoisotopic (exact) mass is 329 g/mol. The van der Waals surface area contributed by atoms with Gasteiger partial charge in [0.25, 0.3) is 0 Å². The Hall–Kier alpha value is -0.0400. The van der Waals surface area contributed by atoms with Gasteiger partial charge in [-0.25, -0.2) is 0 Å². The highest BCUT2D eigenvalue weighted by Gasteiger charge is 1.97. The SMILES string of the molecule is CCOCCCN=C(N)NC(C)CC.I. The summed E-state index contributed by atoms with van der Waals surface area (Å²) < 4.78 is 5.19. The van der Waals surface area contributed by atoms with Crippen LogP contribution in [0.3, 0.4) is 0 Å². The number of hydrogen-bond acceptors (Lipinski definition) is 2. The molecule has 0 aromatic carbocycles. The molecule has 0 aliphatic carbocycles. The molecule has 0 fully saturated rings. The van der Waals surface area contributed by atoms with Gasteiger partial charge in [-0.2, -0.15) is 0 Å². The molecule has 0 saturated carbocycles. The maximum Gasteiger partial charge on any atom is 0.188 e. The molecule has 0 saturated heterocycles. The van der Waals surface area contributed by atoms with Crippen molar-refractivity contribution in [3.8, 4) is 0 Å². The largest absolute Gasteiger partial charge is 0.382 e. The Labute approximate surface area is 110 Å². The van der Waals surface area contributed by atoms with E-state index in [0.717, 1.165) is 32.6 Å². The first-order chi connectivity index (χ1) is 6.70. The predicted molar refractivity (Wildman–Crippen MR) is 75.9 cm³/mol. The molecule has 5 heteroatoms. The van der Waals surface area contributed by atoms with Gasteiger partial charge in [0.15, 0.2) is 5.96 Å². The lowest BCUT2D eigenvalue weighted by Gasteiger charge is -2.11. The molecule has 0 aromatic rings. The van der Waals surface area contributed by atoms with Gasteiger partial charge in [0.05, 0.1) is 0 Å². The fourth-order valence-electron chi connectivity index (χ4n) is 0.911. The molecule has 0 heterocycles. The molecule has 4 nitrogen and oxygen atoms in total. The Morgan fingerprint density at radius 3 is 2.67 bits per heavy atom. The number of rotatable bonds is 7. The number of halogens is 1. The van der Waals surface area contributed by atoms with Crippen LogP contribution in [-0.4, -0.2) is 31.8 Å². The zero-order chi connectivity index (χ0) is 10.8. The summed E-state index contributed by atoms with van der Waals surface area (Å²) >= 11 is 0. The van der Waals surface area contributed by atoms with Crippen molar-refractivity contribution in [2.75, 3.05) is 19.8 Å². The minimum atomic E-state index is 0. The lowest BCUT2D eigenvalue weighted by Crippen LogP contribution is -2.38. The van der Waals surface area contributed by atoms with Gasteiger partial charge in [0.2, 0.25) is 0 Å². The third-order valence-corrected chi connectivity index (χ3v) is 1.94. The fraction of sp³-hybridized carbons (Fsp3) is 0.900. The zero-order valence-corrected chi connectivity index (χ0v) is 12.3. The zero-order valence-electron chi connectivity index (χ0n) is 9.95. The molecule has 0 spiro atoms. The van der Waals surface area contributed by atoms with Crippen molar-refractivity contribution in [2.24, 2.45) is 10.7 Å². The lowest BCUT2D eigenvalue weighted by atomic mass is 10.3. The Balaban J connectivity index is 0. The van der Waals surface area contributed by atoms with E-state index in [1.165, 1.54) is 0 Å². The van der Waals surface area contributed by atoms with Crippen molar-refractivity contribution in [1.29, 1.82) is 0 Å². The van der Waals surface area contributed by atoms with Gasteiger partial charge in [-0.3, -0.25) is 4.99 Å². The predicted octanol–water partition coefficient (Wildman–Crippen LogP) is 1.73. The van der Waals surface area contributed by atoms with Crippen LogP contribution in [0.4, 0.5) is 0 Å². The average molecular weight is 329 g/mol. The Morgan fingerprint density at radius 2 is 2.13 bits per heavy atom. The highest BCUT2D eigenvalue weighted by Crippen LogP contribution is 1.87. The van der Waals surface area contributed by atoms with Crippen molar-refractivity contribution < 1.29 is 4.74 Å². The van der Waals surface area contributed by atoms with Gasteiger partial charge in [0, 0.05) is 25.8 Å². The quantitative estimate of drug-likeness (QED) is 0.324. The van der Waals surface area contributed by atoms with E-state index >= 15 is 0 Å². The normalized spacial score (nSPS) is 13.1. The summed E-state index contributed by atoms with van der Waals surface area (Å²) in [5.41, 5.74) is 5.66. The molecule has 0 aliphatic rings. The molecule has 1 unspecified atom stereocenters. The molecule has 0 amide bonds. The summed E-state index contributed by atoms with van der Waals surface area (Å²) in [4.78, 5) is 4.19. The van der Waals surface area contributed by atoms with E-state index in [1.54, 1.807) is 0 Å². The topological polar surface area (TPSA) is 59.6 Å². The van der Waals surface area contributed by atoms with Crippen LogP contribution in [0, 0.1) is 0 Å². The van der Waals surface area contributed by atoms with Crippen LogP contribution in [0.15, 0.2) is 4.99 Å². The second kappa shape index (κ2) is 12.0. The molecule has 3 N–H and O–H groups in total. The number of aliphatic imine (C=N–C) groups is 1. The highest BCUT2D eigenvalue weighted by molar-refractivity contribution is 14.0. The first-order valence-corrected chi connectivity index (χ1v) is 5.34. The average Bonchev–Trinajstić information content (AvgIpc) is 2.17. The minimum absolute atomic E-state index is 0. The van der Waals surface area contributed by atoms with Gasteiger partial charge >= 0.3 is 0 Å². The Bertz CT molecular complexity index is 165. The molecule has 0 radical (unpaired) electrons.